The Kier molecular flexibility index (Phi) is 4.44. The lowest BCUT2D eigenvalue weighted by Crippen LogP contribution is -2.41. The van der Waals surface area contributed by atoms with Gasteiger partial charge in [0.1, 0.15) is 6.04 Å². The third-order valence-electron chi connectivity index (χ3n) is 5.32. The topological polar surface area (TPSA) is 93.1 Å². The van der Waals surface area contributed by atoms with E-state index >= 15 is 0 Å². The molecule has 0 spiro atoms. The summed E-state index contributed by atoms with van der Waals surface area (Å²) < 4.78 is 1.61. The first-order valence-corrected chi connectivity index (χ1v) is 9.21. The van der Waals surface area contributed by atoms with Gasteiger partial charge >= 0.3 is 0 Å². The van der Waals surface area contributed by atoms with E-state index < -0.39 is 6.04 Å². The molecular weight excluding hydrogens is 332 g/mol. The molecule has 2 heterocycles. The van der Waals surface area contributed by atoms with Crippen molar-refractivity contribution in [3.63, 3.8) is 0 Å². The second kappa shape index (κ2) is 6.90. The molecule has 26 heavy (non-hydrogen) atoms. The van der Waals surface area contributed by atoms with E-state index in [1.54, 1.807) is 4.68 Å². The summed E-state index contributed by atoms with van der Waals surface area (Å²) in [5.41, 5.74) is 0.621. The molecule has 0 bridgehead atoms. The van der Waals surface area contributed by atoms with Crippen LogP contribution in [0.15, 0.2) is 29.1 Å². The predicted molar refractivity (Wildman–Crippen MR) is 96.5 cm³/mol. The van der Waals surface area contributed by atoms with E-state index in [4.69, 9.17) is 0 Å². The zero-order valence-electron chi connectivity index (χ0n) is 14.5. The average molecular weight is 354 g/mol. The quantitative estimate of drug-likeness (QED) is 0.868. The largest absolute Gasteiger partial charge is 0.349 e. The minimum atomic E-state index is -0.477. The molecule has 1 aromatic heterocycles. The highest BCUT2D eigenvalue weighted by atomic mass is 16.2. The molecule has 136 valence electrons. The molecule has 2 fully saturated rings. The van der Waals surface area contributed by atoms with Gasteiger partial charge in [-0.25, -0.2) is 4.68 Å². The summed E-state index contributed by atoms with van der Waals surface area (Å²) >= 11 is 0. The second-order valence-corrected chi connectivity index (χ2v) is 7.06. The minimum Gasteiger partial charge on any atom is -0.349 e. The molecule has 1 aliphatic heterocycles. The fraction of sp³-hybridized carbons (Fsp3) is 0.474. The van der Waals surface area contributed by atoms with Crippen LogP contribution in [0.25, 0.3) is 10.8 Å². The normalized spacial score (nSPS) is 20.5. The molecule has 7 nitrogen and oxygen atoms in total. The number of aromatic nitrogens is 2. The highest BCUT2D eigenvalue weighted by Crippen LogP contribution is 2.28. The third kappa shape index (κ3) is 3.09. The lowest BCUT2D eigenvalue weighted by molar-refractivity contribution is -0.125. The van der Waals surface area contributed by atoms with Crippen molar-refractivity contribution < 1.29 is 9.59 Å². The van der Waals surface area contributed by atoms with Gasteiger partial charge in [-0.3, -0.25) is 14.4 Å². The summed E-state index contributed by atoms with van der Waals surface area (Å²) in [7, 11) is 0. The van der Waals surface area contributed by atoms with Crippen molar-refractivity contribution in [2.24, 2.45) is 0 Å². The van der Waals surface area contributed by atoms with Crippen LogP contribution in [0.1, 0.15) is 50.3 Å². The lowest BCUT2D eigenvalue weighted by atomic mass is 10.1. The summed E-state index contributed by atoms with van der Waals surface area (Å²) in [5.74, 6) is -0.302. The van der Waals surface area contributed by atoms with Gasteiger partial charge in [-0.2, -0.15) is 5.10 Å². The summed E-state index contributed by atoms with van der Waals surface area (Å²) in [4.78, 5) is 36.4. The summed E-state index contributed by atoms with van der Waals surface area (Å²) in [6.45, 7) is 0.235. The van der Waals surface area contributed by atoms with Crippen LogP contribution in [0.5, 0.6) is 0 Å². The van der Waals surface area contributed by atoms with Crippen LogP contribution in [-0.2, 0) is 16.1 Å². The number of benzene rings is 1. The Morgan fingerprint density at radius 3 is 2.58 bits per heavy atom. The Balaban J connectivity index is 1.63. The molecule has 1 saturated heterocycles. The van der Waals surface area contributed by atoms with Crippen LogP contribution in [0.2, 0.25) is 0 Å². The molecule has 0 radical (unpaired) electrons. The van der Waals surface area contributed by atoms with E-state index in [0.29, 0.717) is 23.9 Å². The first-order chi connectivity index (χ1) is 12.6. The average Bonchev–Trinajstić information content (AvgIpc) is 3.33. The molecule has 4 rings (SSSR count). The number of fused-ring (bicyclic) bond motifs is 1. The maximum atomic E-state index is 12.8. The summed E-state index contributed by atoms with van der Waals surface area (Å²) in [6.07, 6.45) is 5.04. The van der Waals surface area contributed by atoms with Crippen molar-refractivity contribution in [2.75, 3.05) is 0 Å². The molecule has 7 heteroatoms. The Labute approximate surface area is 150 Å². The summed E-state index contributed by atoms with van der Waals surface area (Å²) in [5, 5.41) is 11.5. The van der Waals surface area contributed by atoms with Crippen molar-refractivity contribution in [1.29, 1.82) is 0 Å². The molecule has 1 aliphatic carbocycles. The van der Waals surface area contributed by atoms with Crippen LogP contribution in [0, 0.1) is 0 Å². The Morgan fingerprint density at radius 1 is 1.15 bits per heavy atom. The van der Waals surface area contributed by atoms with Crippen molar-refractivity contribution >= 4 is 22.6 Å². The van der Waals surface area contributed by atoms with E-state index in [1.165, 1.54) is 0 Å². The predicted octanol–water partition coefficient (Wildman–Crippen LogP) is 1.41. The smallest absolute Gasteiger partial charge is 0.274 e. The van der Waals surface area contributed by atoms with Crippen LogP contribution in [0.3, 0.4) is 0 Å². The first-order valence-electron chi connectivity index (χ1n) is 9.21. The van der Waals surface area contributed by atoms with Gasteiger partial charge < -0.3 is 10.6 Å². The fourth-order valence-electron chi connectivity index (χ4n) is 3.91. The summed E-state index contributed by atoms with van der Waals surface area (Å²) in [6, 6.07) is 7.05. The standard InChI is InChI=1S/C19H22N4O3/c24-17-10-9-15(21-17)18(25)20-11-16-13-7-3-4-8-14(13)19(26)23(22-16)12-5-1-2-6-12/h3-4,7-8,12,15H,1-2,5-6,9-11H2,(H,20,25)(H,21,24). The van der Waals surface area contributed by atoms with Crippen molar-refractivity contribution in [2.45, 2.75) is 57.2 Å². The fourth-order valence-corrected chi connectivity index (χ4v) is 3.91. The second-order valence-electron chi connectivity index (χ2n) is 7.06. The Bertz CT molecular complexity index is 915. The van der Waals surface area contributed by atoms with Gasteiger partial charge in [0.25, 0.3) is 5.56 Å². The molecule has 2 aromatic rings. The van der Waals surface area contributed by atoms with Crippen LogP contribution < -0.4 is 16.2 Å². The van der Waals surface area contributed by atoms with Crippen LogP contribution in [-0.4, -0.2) is 27.6 Å². The number of amides is 2. The van der Waals surface area contributed by atoms with Crippen LogP contribution in [0.4, 0.5) is 0 Å². The monoisotopic (exact) mass is 354 g/mol. The number of nitrogens with zero attached hydrogens (tertiary/aromatic N) is 2. The molecule has 1 atom stereocenters. The maximum Gasteiger partial charge on any atom is 0.274 e. The Morgan fingerprint density at radius 2 is 1.88 bits per heavy atom. The molecule has 1 unspecified atom stereocenters. The van der Waals surface area contributed by atoms with E-state index in [1.807, 2.05) is 24.3 Å². The lowest BCUT2D eigenvalue weighted by Gasteiger charge is -2.17. The van der Waals surface area contributed by atoms with E-state index in [9.17, 15) is 14.4 Å². The van der Waals surface area contributed by atoms with Gasteiger partial charge in [-0.1, -0.05) is 31.0 Å². The molecular formula is C19H22N4O3. The number of carbonyl (C=O) groups is 2. The van der Waals surface area contributed by atoms with E-state index in [0.717, 1.165) is 31.1 Å². The van der Waals surface area contributed by atoms with Gasteiger partial charge in [-0.15, -0.1) is 0 Å². The number of hydrogen-bond acceptors (Lipinski definition) is 4. The van der Waals surface area contributed by atoms with Crippen molar-refractivity contribution in [3.8, 4) is 0 Å². The molecule has 1 saturated carbocycles. The van der Waals surface area contributed by atoms with Gasteiger partial charge in [-0.05, 0) is 25.3 Å². The van der Waals surface area contributed by atoms with E-state index in [2.05, 4.69) is 15.7 Å². The molecule has 2 amide bonds. The van der Waals surface area contributed by atoms with E-state index in [-0.39, 0.29) is 30.0 Å². The Hall–Kier alpha value is -2.70. The zero-order valence-corrected chi connectivity index (χ0v) is 14.5. The third-order valence-corrected chi connectivity index (χ3v) is 5.32. The van der Waals surface area contributed by atoms with Crippen molar-refractivity contribution in [1.82, 2.24) is 20.4 Å². The highest BCUT2D eigenvalue weighted by molar-refractivity contribution is 5.91. The number of carbonyl (C=O) groups excluding carboxylic acids is 2. The van der Waals surface area contributed by atoms with Crippen LogP contribution >= 0.6 is 0 Å². The minimum absolute atomic E-state index is 0.0642. The van der Waals surface area contributed by atoms with Gasteiger partial charge in [0, 0.05) is 11.8 Å². The first kappa shape index (κ1) is 16.8. The molecule has 2 N–H and O–H groups in total. The van der Waals surface area contributed by atoms with Gasteiger partial charge in [0.15, 0.2) is 0 Å². The van der Waals surface area contributed by atoms with Gasteiger partial charge in [0.05, 0.1) is 23.7 Å². The maximum absolute atomic E-state index is 12.8. The SMILES string of the molecule is O=C1CCC(C(=O)NCc2nn(C3CCCC3)c(=O)c3ccccc23)N1. The number of nitrogens with one attached hydrogen (secondary N) is 2. The molecule has 2 aliphatic rings. The van der Waals surface area contributed by atoms with Crippen molar-refractivity contribution in [3.05, 3.63) is 40.3 Å². The molecule has 1 aromatic carbocycles. The van der Waals surface area contributed by atoms with Gasteiger partial charge in [0.2, 0.25) is 11.8 Å². The number of rotatable bonds is 4. The zero-order chi connectivity index (χ0) is 18.1. The highest BCUT2D eigenvalue weighted by Gasteiger charge is 2.27. The number of hydrogen-bond donors (Lipinski definition) is 2.